The maximum Gasteiger partial charge on any atom is 0.194 e. The van der Waals surface area contributed by atoms with Crippen molar-refractivity contribution in [2.75, 3.05) is 0 Å². The molecule has 1 aliphatic carbocycles. The molecule has 22 heavy (non-hydrogen) atoms. The zero-order valence-corrected chi connectivity index (χ0v) is 12.6. The van der Waals surface area contributed by atoms with Crippen LogP contribution in [0.2, 0.25) is 0 Å². The maximum absolute atomic E-state index is 12.4. The van der Waals surface area contributed by atoms with Crippen molar-refractivity contribution in [3.05, 3.63) is 33.5 Å². The second-order valence-corrected chi connectivity index (χ2v) is 6.00. The third-order valence-electron chi connectivity index (χ3n) is 4.10. The lowest BCUT2D eigenvalue weighted by atomic mass is 10.1. The summed E-state index contributed by atoms with van der Waals surface area (Å²) in [5, 5.41) is 14.5. The zero-order valence-electron chi connectivity index (χ0n) is 12.6. The summed E-state index contributed by atoms with van der Waals surface area (Å²) >= 11 is 0. The minimum absolute atomic E-state index is 0.0301. The van der Waals surface area contributed by atoms with Crippen LogP contribution in [0.1, 0.15) is 44.7 Å². The molecule has 0 saturated heterocycles. The zero-order chi connectivity index (χ0) is 15.7. The first-order valence-corrected chi connectivity index (χ1v) is 7.63. The van der Waals surface area contributed by atoms with Crippen molar-refractivity contribution < 1.29 is 9.90 Å². The largest absolute Gasteiger partial charge is 0.511 e. The van der Waals surface area contributed by atoms with Gasteiger partial charge in [0.05, 0.1) is 0 Å². The van der Waals surface area contributed by atoms with Gasteiger partial charge in [-0.15, -0.1) is 0 Å². The van der Waals surface area contributed by atoms with Crippen LogP contribution in [0.3, 0.4) is 0 Å². The van der Waals surface area contributed by atoms with Gasteiger partial charge >= 0.3 is 0 Å². The number of ketones is 1. The van der Waals surface area contributed by atoms with Gasteiger partial charge in [0.15, 0.2) is 11.1 Å². The lowest BCUT2D eigenvalue weighted by molar-refractivity contribution is -0.116. The molecule has 2 aromatic heterocycles. The highest BCUT2D eigenvalue weighted by Gasteiger charge is 2.21. The van der Waals surface area contributed by atoms with E-state index in [4.69, 9.17) is 0 Å². The summed E-state index contributed by atoms with van der Waals surface area (Å²) in [5.74, 6) is 0.647. The number of carbonyl (C=O) groups excluding carboxylic acids is 1. The monoisotopic (exact) mass is 301 g/mol. The molecule has 0 amide bonds. The van der Waals surface area contributed by atoms with Crippen LogP contribution in [0.25, 0.3) is 11.4 Å². The molecule has 116 valence electrons. The number of hydrogen-bond donors (Lipinski definition) is 1. The molecule has 1 saturated carbocycles. The van der Waals surface area contributed by atoms with E-state index in [0.29, 0.717) is 5.65 Å². The van der Waals surface area contributed by atoms with E-state index in [9.17, 15) is 14.7 Å². The van der Waals surface area contributed by atoms with Gasteiger partial charge in [0.2, 0.25) is 0 Å². The molecule has 1 aliphatic rings. The molecular weight excluding hydrogens is 282 g/mol. The van der Waals surface area contributed by atoms with Gasteiger partial charge in [0.25, 0.3) is 0 Å². The third-order valence-corrected chi connectivity index (χ3v) is 4.10. The summed E-state index contributed by atoms with van der Waals surface area (Å²) in [6.07, 6.45) is 6.10. The molecule has 6 nitrogen and oxygen atoms in total. The Morgan fingerprint density at radius 1 is 1.41 bits per heavy atom. The predicted octanol–water partition coefficient (Wildman–Crippen LogP) is 1.19. The normalized spacial score (nSPS) is 16.0. The number of aliphatic hydroxyl groups is 1. The Morgan fingerprint density at radius 2 is 2.18 bits per heavy atom. The average Bonchev–Trinajstić information content (AvgIpc) is 3.18. The predicted molar refractivity (Wildman–Crippen MR) is 81.5 cm³/mol. The lowest BCUT2D eigenvalue weighted by Crippen LogP contribution is -2.31. The molecule has 0 radical (unpaired) electrons. The molecule has 3 rings (SSSR count). The van der Waals surface area contributed by atoms with Crippen LogP contribution in [-0.4, -0.2) is 25.5 Å². The number of fused-ring (bicyclic) bond motifs is 1. The lowest BCUT2D eigenvalue weighted by Gasteiger charge is -2.05. The Morgan fingerprint density at radius 3 is 2.86 bits per heavy atom. The fourth-order valence-corrected chi connectivity index (χ4v) is 2.64. The second kappa shape index (κ2) is 5.87. The molecule has 0 unspecified atom stereocenters. The topological polar surface area (TPSA) is 84.6 Å². The van der Waals surface area contributed by atoms with Crippen LogP contribution in [-0.2, 0) is 11.2 Å². The van der Waals surface area contributed by atoms with Crippen LogP contribution in [0.5, 0.6) is 0 Å². The van der Waals surface area contributed by atoms with Gasteiger partial charge in [-0.05, 0) is 25.7 Å². The first-order chi connectivity index (χ1) is 10.6. The number of pyridine rings is 1. The molecule has 0 bridgehead atoms. The molecule has 1 N–H and O–H groups in total. The molecule has 0 atom stereocenters. The van der Waals surface area contributed by atoms with Crippen LogP contribution < -0.4 is 10.6 Å². The first kappa shape index (κ1) is 14.7. The van der Waals surface area contributed by atoms with Crippen LogP contribution >= 0.6 is 0 Å². The van der Waals surface area contributed by atoms with Crippen molar-refractivity contribution in [2.45, 2.75) is 45.4 Å². The minimum atomic E-state index is -0.257. The van der Waals surface area contributed by atoms with Crippen molar-refractivity contribution in [1.82, 2.24) is 14.6 Å². The van der Waals surface area contributed by atoms with Crippen LogP contribution in [0.4, 0.5) is 0 Å². The van der Waals surface area contributed by atoms with E-state index in [1.54, 1.807) is 4.52 Å². The number of aromatic nitrogens is 3. The fraction of sp³-hybridized carbons (Fsp3) is 0.500. The van der Waals surface area contributed by atoms with Gasteiger partial charge in [-0.1, -0.05) is 12.8 Å². The Labute approximate surface area is 127 Å². The SMILES string of the molecule is CC(=O)CC/C(O)=c1\c(=O)cc(CCC2CC2)n2ncnc12. The fourth-order valence-electron chi connectivity index (χ4n) is 2.64. The highest BCUT2D eigenvalue weighted by molar-refractivity contribution is 5.76. The van der Waals surface area contributed by atoms with Gasteiger partial charge in [0.1, 0.15) is 23.1 Å². The molecule has 2 heterocycles. The van der Waals surface area contributed by atoms with Crippen molar-refractivity contribution in [1.29, 1.82) is 0 Å². The molecule has 2 aromatic rings. The average molecular weight is 301 g/mol. The second-order valence-electron chi connectivity index (χ2n) is 6.00. The van der Waals surface area contributed by atoms with Crippen molar-refractivity contribution in [2.24, 2.45) is 5.92 Å². The van der Waals surface area contributed by atoms with E-state index >= 15 is 0 Å². The van der Waals surface area contributed by atoms with Gasteiger partial charge in [-0.2, -0.15) is 5.10 Å². The summed E-state index contributed by atoms with van der Waals surface area (Å²) in [7, 11) is 0. The number of nitrogens with zero attached hydrogens (tertiary/aromatic N) is 3. The number of hydrogen-bond acceptors (Lipinski definition) is 5. The molecule has 0 aliphatic heterocycles. The summed E-state index contributed by atoms with van der Waals surface area (Å²) in [6.45, 7) is 1.46. The maximum atomic E-state index is 12.4. The van der Waals surface area contributed by atoms with Gasteiger partial charge < -0.3 is 9.90 Å². The van der Waals surface area contributed by atoms with E-state index in [2.05, 4.69) is 10.1 Å². The minimum Gasteiger partial charge on any atom is -0.511 e. The highest BCUT2D eigenvalue weighted by Crippen LogP contribution is 2.33. The first-order valence-electron chi connectivity index (χ1n) is 7.63. The summed E-state index contributed by atoms with van der Waals surface area (Å²) in [6, 6.07) is 1.53. The molecule has 1 fully saturated rings. The van der Waals surface area contributed by atoms with Crippen LogP contribution in [0, 0.1) is 5.92 Å². The summed E-state index contributed by atoms with van der Waals surface area (Å²) in [4.78, 5) is 27.5. The van der Waals surface area contributed by atoms with Gasteiger partial charge in [0, 0.05) is 24.6 Å². The Kier molecular flexibility index (Phi) is 3.92. The van der Waals surface area contributed by atoms with E-state index in [0.717, 1.165) is 24.5 Å². The van der Waals surface area contributed by atoms with Gasteiger partial charge in [-0.3, -0.25) is 4.79 Å². The molecule has 0 spiro atoms. The number of rotatable bonds is 6. The van der Waals surface area contributed by atoms with E-state index in [1.807, 2.05) is 0 Å². The van der Waals surface area contributed by atoms with Crippen molar-refractivity contribution in [3.63, 3.8) is 0 Å². The number of aryl methyl sites for hydroxylation is 1. The summed E-state index contributed by atoms with van der Waals surface area (Å²) < 4.78 is 1.63. The third kappa shape index (κ3) is 3.00. The number of Topliss-reactive ketones (excluding diaryl/α,β-unsaturated/α-hetero) is 1. The molecular formula is C16H19N3O3. The quantitative estimate of drug-likeness (QED) is 0.866. The van der Waals surface area contributed by atoms with Gasteiger partial charge in [-0.25, -0.2) is 9.50 Å². The molecule has 0 aromatic carbocycles. The van der Waals surface area contributed by atoms with Crippen molar-refractivity contribution in [3.8, 4) is 0 Å². The van der Waals surface area contributed by atoms with E-state index in [-0.39, 0.29) is 35.0 Å². The highest BCUT2D eigenvalue weighted by atomic mass is 16.3. The Bertz CT molecular complexity index is 821. The smallest absolute Gasteiger partial charge is 0.194 e. The van der Waals surface area contributed by atoms with E-state index in [1.165, 1.54) is 32.2 Å². The number of aliphatic hydroxyl groups excluding tert-OH is 1. The van der Waals surface area contributed by atoms with E-state index < -0.39 is 0 Å². The summed E-state index contributed by atoms with van der Waals surface area (Å²) in [5.41, 5.74) is 0.944. The standard InChI is InChI=1S/C16H19N3O3/c1-10(20)2-7-13(21)15-14(22)8-12(6-5-11-3-4-11)19-16(15)17-9-18-19/h8-9,11,21H,2-7H2,1H3/b15-13-. The molecule has 6 heteroatoms. The number of carbonyl (C=O) groups is 1. The van der Waals surface area contributed by atoms with Crippen LogP contribution in [0.15, 0.2) is 17.2 Å². The van der Waals surface area contributed by atoms with Crippen molar-refractivity contribution >= 4 is 17.2 Å². The Hall–Kier alpha value is -2.24. The Balaban J connectivity index is 2.04.